The average Bonchev–Trinajstić information content (AvgIpc) is 2.72. The van der Waals surface area contributed by atoms with Crippen molar-refractivity contribution in [1.29, 1.82) is 0 Å². The minimum Gasteiger partial charge on any atom is -0.497 e. The van der Waals surface area contributed by atoms with E-state index in [1.807, 2.05) is 18.2 Å². The van der Waals surface area contributed by atoms with E-state index in [2.05, 4.69) is 34.3 Å². The summed E-state index contributed by atoms with van der Waals surface area (Å²) in [6.07, 6.45) is 0. The molecule has 7 nitrogen and oxygen atoms in total. The lowest BCUT2D eigenvalue weighted by atomic mass is 10.1. The number of rotatable bonds is 7. The molecule has 0 spiro atoms. The lowest BCUT2D eigenvalue weighted by Crippen LogP contribution is -2.62. The van der Waals surface area contributed by atoms with Crippen LogP contribution >= 0.6 is 24.0 Å². The van der Waals surface area contributed by atoms with Crippen molar-refractivity contribution < 1.29 is 9.47 Å². The Balaban J connectivity index is 0.00000280. The fourth-order valence-corrected chi connectivity index (χ4v) is 3.88. The number of piperazine rings is 3. The molecule has 1 aromatic carbocycles. The Bertz CT molecular complexity index is 649. The molecule has 1 aromatic rings. The van der Waals surface area contributed by atoms with E-state index in [-0.39, 0.29) is 30.0 Å². The molecule has 3 aliphatic rings. The summed E-state index contributed by atoms with van der Waals surface area (Å²) in [7, 11) is 3.37. The maximum atomic E-state index is 5.53. The highest BCUT2D eigenvalue weighted by atomic mass is 127. The molecule has 0 amide bonds. The molecule has 0 saturated carbocycles. The van der Waals surface area contributed by atoms with Gasteiger partial charge in [-0.1, -0.05) is 0 Å². The van der Waals surface area contributed by atoms with E-state index in [1.54, 1.807) is 14.2 Å². The van der Waals surface area contributed by atoms with E-state index < -0.39 is 0 Å². The van der Waals surface area contributed by atoms with Crippen LogP contribution in [-0.4, -0.2) is 81.8 Å². The minimum atomic E-state index is 0. The van der Waals surface area contributed by atoms with Crippen LogP contribution in [0.2, 0.25) is 0 Å². The predicted octanol–water partition coefficient (Wildman–Crippen LogP) is 1.94. The zero-order valence-electron chi connectivity index (χ0n) is 17.4. The third kappa shape index (κ3) is 5.64. The van der Waals surface area contributed by atoms with Gasteiger partial charge >= 0.3 is 0 Å². The molecule has 2 bridgehead atoms. The third-order valence-corrected chi connectivity index (χ3v) is 5.45. The minimum absolute atomic E-state index is 0. The predicted molar refractivity (Wildman–Crippen MR) is 124 cm³/mol. The van der Waals surface area contributed by atoms with Gasteiger partial charge in [-0.15, -0.1) is 24.0 Å². The van der Waals surface area contributed by atoms with Gasteiger partial charge in [0.05, 0.1) is 26.8 Å². The molecule has 2 N–H and O–H groups in total. The number of nitrogens with one attached hydrogen (secondary N) is 2. The summed E-state index contributed by atoms with van der Waals surface area (Å²) < 4.78 is 10.9. The van der Waals surface area contributed by atoms with Crippen LogP contribution in [0.3, 0.4) is 0 Å². The Hall–Kier alpha value is -1.26. The van der Waals surface area contributed by atoms with Crippen molar-refractivity contribution in [2.75, 3.05) is 60.0 Å². The first-order valence-electron chi connectivity index (χ1n) is 9.87. The summed E-state index contributed by atoms with van der Waals surface area (Å²) >= 11 is 0. The fourth-order valence-electron chi connectivity index (χ4n) is 3.88. The Morgan fingerprint density at radius 3 is 2.54 bits per heavy atom. The van der Waals surface area contributed by atoms with Gasteiger partial charge in [-0.05, 0) is 32.0 Å². The monoisotopic (exact) mass is 503 g/mol. The molecule has 0 radical (unpaired) electrons. The maximum Gasteiger partial charge on any atom is 0.191 e. The molecule has 28 heavy (non-hydrogen) atoms. The first kappa shape index (κ1) is 23.0. The van der Waals surface area contributed by atoms with Gasteiger partial charge < -0.3 is 20.1 Å². The van der Waals surface area contributed by atoms with Crippen molar-refractivity contribution >= 4 is 29.9 Å². The molecule has 0 aromatic heterocycles. The Kier molecular flexibility index (Phi) is 9.10. The van der Waals surface area contributed by atoms with E-state index in [0.717, 1.165) is 42.7 Å². The van der Waals surface area contributed by atoms with E-state index >= 15 is 0 Å². The van der Waals surface area contributed by atoms with Crippen molar-refractivity contribution in [2.45, 2.75) is 25.9 Å². The largest absolute Gasteiger partial charge is 0.497 e. The highest BCUT2D eigenvalue weighted by molar-refractivity contribution is 14.0. The molecule has 3 heterocycles. The van der Waals surface area contributed by atoms with Gasteiger partial charge in [0, 0.05) is 50.9 Å². The van der Waals surface area contributed by atoms with E-state index in [1.165, 1.54) is 26.2 Å². The smallest absolute Gasteiger partial charge is 0.191 e. The molecule has 4 rings (SSSR count). The van der Waals surface area contributed by atoms with Crippen molar-refractivity contribution in [3.8, 4) is 11.5 Å². The first-order valence-corrected chi connectivity index (χ1v) is 9.87. The van der Waals surface area contributed by atoms with Crippen LogP contribution in [0.15, 0.2) is 23.2 Å². The summed E-state index contributed by atoms with van der Waals surface area (Å²) in [5, 5.41) is 6.88. The van der Waals surface area contributed by atoms with E-state index in [9.17, 15) is 0 Å². The van der Waals surface area contributed by atoms with Crippen LogP contribution in [0.25, 0.3) is 0 Å². The average molecular weight is 503 g/mol. The second kappa shape index (κ2) is 11.1. The fraction of sp³-hybridized carbons (Fsp3) is 0.650. The normalized spacial score (nSPS) is 24.9. The lowest BCUT2D eigenvalue weighted by molar-refractivity contribution is 0.0174. The van der Waals surface area contributed by atoms with Crippen LogP contribution in [-0.2, 0) is 0 Å². The summed E-state index contributed by atoms with van der Waals surface area (Å²) in [6.45, 7) is 11.7. The van der Waals surface area contributed by atoms with Crippen LogP contribution in [0.4, 0.5) is 0 Å². The van der Waals surface area contributed by atoms with Crippen molar-refractivity contribution in [3.05, 3.63) is 23.8 Å². The number of hydrogen-bond donors (Lipinski definition) is 2. The quantitative estimate of drug-likeness (QED) is 0.337. The van der Waals surface area contributed by atoms with Crippen LogP contribution in [0, 0.1) is 0 Å². The van der Waals surface area contributed by atoms with Gasteiger partial charge in [0.2, 0.25) is 0 Å². The van der Waals surface area contributed by atoms with Gasteiger partial charge in [-0.3, -0.25) is 14.8 Å². The van der Waals surface area contributed by atoms with E-state index in [0.29, 0.717) is 6.04 Å². The topological polar surface area (TPSA) is 61.4 Å². The van der Waals surface area contributed by atoms with Crippen LogP contribution < -0.4 is 20.1 Å². The Morgan fingerprint density at radius 2 is 1.96 bits per heavy atom. The Morgan fingerprint density at radius 1 is 1.21 bits per heavy atom. The number of fused-ring (bicyclic) bond motifs is 3. The number of methoxy groups -OCH3 is 2. The molecule has 8 heteroatoms. The van der Waals surface area contributed by atoms with Crippen LogP contribution in [0.5, 0.6) is 11.5 Å². The molecule has 3 aliphatic heterocycles. The number of halogens is 1. The SMILES string of the molecule is CCNC(=NCC1CN2CCN1CC2)NC(C)c1cc(OC)ccc1OC.I. The zero-order chi connectivity index (χ0) is 19.2. The second-order valence-corrected chi connectivity index (χ2v) is 7.18. The van der Waals surface area contributed by atoms with Crippen molar-refractivity contribution in [2.24, 2.45) is 4.99 Å². The number of ether oxygens (including phenoxy) is 2. The number of guanidine groups is 1. The molecule has 0 aliphatic carbocycles. The lowest BCUT2D eigenvalue weighted by Gasteiger charge is -2.47. The zero-order valence-corrected chi connectivity index (χ0v) is 19.7. The summed E-state index contributed by atoms with van der Waals surface area (Å²) in [6, 6.07) is 6.43. The standard InChI is InChI=1S/C20H33N5O2.HI/c1-5-21-20(22-13-16-14-24-8-10-25(16)11-9-24)23-15(2)18-12-17(26-3)6-7-19(18)27-4;/h6-7,12,15-16H,5,8-11,13-14H2,1-4H3,(H2,21,22,23);1H. The highest BCUT2D eigenvalue weighted by Crippen LogP contribution is 2.29. The maximum absolute atomic E-state index is 5.53. The number of nitrogens with zero attached hydrogens (tertiary/aromatic N) is 3. The van der Waals surface area contributed by atoms with Gasteiger partial charge in [0.1, 0.15) is 11.5 Å². The number of hydrogen-bond acceptors (Lipinski definition) is 5. The van der Waals surface area contributed by atoms with Crippen molar-refractivity contribution in [3.63, 3.8) is 0 Å². The van der Waals surface area contributed by atoms with Crippen LogP contribution in [0.1, 0.15) is 25.5 Å². The second-order valence-electron chi connectivity index (χ2n) is 7.18. The van der Waals surface area contributed by atoms with Gasteiger partial charge in [0.15, 0.2) is 5.96 Å². The molecule has 2 unspecified atom stereocenters. The number of benzene rings is 1. The molecule has 158 valence electrons. The van der Waals surface area contributed by atoms with E-state index in [4.69, 9.17) is 14.5 Å². The van der Waals surface area contributed by atoms with Gasteiger partial charge in [0.25, 0.3) is 0 Å². The summed E-state index contributed by atoms with van der Waals surface area (Å²) in [5.74, 6) is 2.50. The summed E-state index contributed by atoms with van der Waals surface area (Å²) in [5.41, 5.74) is 1.05. The first-order chi connectivity index (χ1) is 13.1. The molecular formula is C20H34IN5O2. The third-order valence-electron chi connectivity index (χ3n) is 5.45. The number of aliphatic imine (C=N–C) groups is 1. The molecule has 2 atom stereocenters. The molecular weight excluding hydrogens is 469 g/mol. The molecule has 3 saturated heterocycles. The van der Waals surface area contributed by atoms with Gasteiger partial charge in [-0.2, -0.15) is 0 Å². The van der Waals surface area contributed by atoms with Gasteiger partial charge in [-0.25, -0.2) is 0 Å². The highest BCUT2D eigenvalue weighted by Gasteiger charge is 2.31. The summed E-state index contributed by atoms with van der Waals surface area (Å²) in [4.78, 5) is 9.99. The van der Waals surface area contributed by atoms with Crippen molar-refractivity contribution in [1.82, 2.24) is 20.4 Å². The molecule has 3 fully saturated rings. The Labute approximate surface area is 185 Å².